The average molecular weight is 325 g/mol. The van der Waals surface area contributed by atoms with Crippen LogP contribution in [0.15, 0.2) is 24.3 Å². The summed E-state index contributed by atoms with van der Waals surface area (Å²) in [4.78, 5) is 22.7. The first-order valence-corrected chi connectivity index (χ1v) is 7.74. The van der Waals surface area contributed by atoms with Gasteiger partial charge in [0.25, 0.3) is 0 Å². The molecule has 0 unspecified atom stereocenters. The maximum absolute atomic E-state index is 11.6. The van der Waals surface area contributed by atoms with Crippen LogP contribution < -0.4 is 0 Å². The highest BCUT2D eigenvalue weighted by molar-refractivity contribution is 5.88. The fraction of sp³-hybridized carbons (Fsp3) is 0.421. The van der Waals surface area contributed by atoms with Crippen LogP contribution in [0.25, 0.3) is 0 Å². The summed E-state index contributed by atoms with van der Waals surface area (Å²) >= 11 is 0. The lowest BCUT2D eigenvalue weighted by Gasteiger charge is -2.36. The molecular weight excluding hydrogens is 306 g/mol. The van der Waals surface area contributed by atoms with Crippen LogP contribution in [0, 0.1) is 34.5 Å². The second-order valence-corrected chi connectivity index (χ2v) is 6.31. The highest BCUT2D eigenvalue weighted by Gasteiger charge is 2.64. The first kappa shape index (κ1) is 17.6. The van der Waals surface area contributed by atoms with Crippen LogP contribution in [-0.4, -0.2) is 22.6 Å². The largest absolute Gasteiger partial charge is 0.478 e. The van der Waals surface area contributed by atoms with Gasteiger partial charge in [0.1, 0.15) is 5.41 Å². The molecule has 1 aliphatic rings. The molecule has 1 atom stereocenters. The van der Waals surface area contributed by atoms with Gasteiger partial charge in [-0.15, -0.1) is 0 Å². The summed E-state index contributed by atoms with van der Waals surface area (Å²) in [7, 11) is 0. The molecule has 0 amide bonds. The molecule has 1 fully saturated rings. The van der Waals surface area contributed by atoms with Crippen molar-refractivity contribution in [2.24, 2.45) is 11.3 Å². The van der Waals surface area contributed by atoms with Gasteiger partial charge in [-0.1, -0.05) is 25.8 Å². The summed E-state index contributed by atoms with van der Waals surface area (Å²) in [5.41, 5.74) is -1.37. The number of carbonyl (C=O) groups is 2. The Kier molecular flexibility index (Phi) is 4.66. The molecule has 0 heterocycles. The minimum absolute atomic E-state index is 0.130. The Hall–Kier alpha value is -2.79. The van der Waals surface area contributed by atoms with Crippen LogP contribution in [0.2, 0.25) is 0 Å². The Morgan fingerprint density at radius 3 is 2.50 bits per heavy atom. The van der Waals surface area contributed by atoms with Crippen LogP contribution in [-0.2, 0) is 9.53 Å². The van der Waals surface area contributed by atoms with Gasteiger partial charge >= 0.3 is 11.9 Å². The Morgan fingerprint density at radius 1 is 1.38 bits per heavy atom. The Labute approximate surface area is 141 Å². The van der Waals surface area contributed by atoms with Crippen molar-refractivity contribution in [1.29, 1.82) is 5.26 Å². The van der Waals surface area contributed by atoms with Gasteiger partial charge in [-0.3, -0.25) is 4.79 Å². The zero-order chi connectivity index (χ0) is 18.0. The standard InChI is InChI=1S/C19H19NO4/c1-13(2)19(24-14(3)21,18(12-20)9-10-18)8-7-15-5-4-6-16(11-15)17(22)23/h4-6,11,13H,9-10H2,1-3H3,(H,22,23)/t19-/m1/s1. The SMILES string of the molecule is CC(=O)O[C@](C#Cc1cccc(C(=O)O)c1)(C(C)C)C1(C#N)CC1. The summed E-state index contributed by atoms with van der Waals surface area (Å²) < 4.78 is 5.57. The maximum atomic E-state index is 11.6. The smallest absolute Gasteiger partial charge is 0.335 e. The fourth-order valence-corrected chi connectivity index (χ4v) is 2.87. The predicted octanol–water partition coefficient (Wildman–Crippen LogP) is 3.00. The molecule has 0 aromatic heterocycles. The molecule has 124 valence electrons. The van der Waals surface area contributed by atoms with Gasteiger partial charge in [-0.2, -0.15) is 5.26 Å². The normalized spacial score (nSPS) is 17.0. The molecule has 5 nitrogen and oxygen atoms in total. The lowest BCUT2D eigenvalue weighted by Crippen LogP contribution is -2.47. The van der Waals surface area contributed by atoms with E-state index in [1.54, 1.807) is 12.1 Å². The molecule has 2 rings (SSSR count). The number of benzene rings is 1. The van der Waals surface area contributed by atoms with E-state index in [1.165, 1.54) is 19.1 Å². The van der Waals surface area contributed by atoms with E-state index in [1.807, 2.05) is 13.8 Å². The van der Waals surface area contributed by atoms with E-state index in [-0.39, 0.29) is 11.5 Å². The van der Waals surface area contributed by atoms with Crippen molar-refractivity contribution in [2.75, 3.05) is 0 Å². The number of carboxylic acid groups (broad SMARTS) is 1. The lowest BCUT2D eigenvalue weighted by atomic mass is 9.76. The molecule has 5 heteroatoms. The number of rotatable bonds is 4. The van der Waals surface area contributed by atoms with Gasteiger partial charge in [0, 0.05) is 18.4 Å². The Morgan fingerprint density at radius 2 is 2.04 bits per heavy atom. The molecule has 0 radical (unpaired) electrons. The first-order valence-electron chi connectivity index (χ1n) is 7.74. The van der Waals surface area contributed by atoms with E-state index in [9.17, 15) is 14.9 Å². The molecule has 1 saturated carbocycles. The van der Waals surface area contributed by atoms with E-state index in [4.69, 9.17) is 9.84 Å². The maximum Gasteiger partial charge on any atom is 0.335 e. The van der Waals surface area contributed by atoms with Crippen LogP contribution in [0.1, 0.15) is 49.5 Å². The Bertz CT molecular complexity index is 775. The quantitative estimate of drug-likeness (QED) is 0.679. The molecule has 1 aromatic carbocycles. The van der Waals surface area contributed by atoms with Crippen molar-refractivity contribution in [2.45, 2.75) is 39.2 Å². The van der Waals surface area contributed by atoms with E-state index >= 15 is 0 Å². The molecule has 0 bridgehead atoms. The molecule has 24 heavy (non-hydrogen) atoms. The van der Waals surface area contributed by atoms with Gasteiger partial charge < -0.3 is 9.84 Å². The van der Waals surface area contributed by atoms with Crippen molar-refractivity contribution in [1.82, 2.24) is 0 Å². The third kappa shape index (κ3) is 3.12. The summed E-state index contributed by atoms with van der Waals surface area (Å²) in [6.07, 6.45) is 1.25. The topological polar surface area (TPSA) is 87.4 Å². The molecule has 0 spiro atoms. The predicted molar refractivity (Wildman–Crippen MR) is 86.9 cm³/mol. The summed E-state index contributed by atoms with van der Waals surface area (Å²) in [5, 5.41) is 18.6. The van der Waals surface area contributed by atoms with Gasteiger partial charge in [-0.05, 0) is 37.0 Å². The van der Waals surface area contributed by atoms with Gasteiger partial charge in [0.15, 0.2) is 5.60 Å². The summed E-state index contributed by atoms with van der Waals surface area (Å²) in [6.45, 7) is 5.03. The number of nitriles is 1. The highest BCUT2D eigenvalue weighted by Crippen LogP contribution is 2.57. The zero-order valence-electron chi connectivity index (χ0n) is 13.9. The number of carboxylic acids is 1. The number of hydrogen-bond donors (Lipinski definition) is 1. The van der Waals surface area contributed by atoms with Gasteiger partial charge in [0.2, 0.25) is 0 Å². The van der Waals surface area contributed by atoms with Gasteiger partial charge in [-0.25, -0.2) is 4.79 Å². The highest BCUT2D eigenvalue weighted by atomic mass is 16.6. The number of aromatic carboxylic acids is 1. The zero-order valence-corrected chi connectivity index (χ0v) is 13.9. The molecule has 0 aliphatic heterocycles. The number of carbonyl (C=O) groups excluding carboxylic acids is 1. The fourth-order valence-electron chi connectivity index (χ4n) is 2.87. The van der Waals surface area contributed by atoms with E-state index in [0.29, 0.717) is 18.4 Å². The number of esters is 1. The summed E-state index contributed by atoms with van der Waals surface area (Å²) in [6, 6.07) is 8.50. The second kappa shape index (κ2) is 6.37. The van der Waals surface area contributed by atoms with Crippen LogP contribution in [0.3, 0.4) is 0 Å². The van der Waals surface area contributed by atoms with Crippen LogP contribution in [0.4, 0.5) is 0 Å². The third-order valence-electron chi connectivity index (χ3n) is 4.29. The molecule has 0 saturated heterocycles. The van der Waals surface area contributed by atoms with Crippen molar-refractivity contribution < 1.29 is 19.4 Å². The third-order valence-corrected chi connectivity index (χ3v) is 4.29. The molecule has 1 aliphatic carbocycles. The van der Waals surface area contributed by atoms with Crippen molar-refractivity contribution in [3.8, 4) is 17.9 Å². The van der Waals surface area contributed by atoms with E-state index in [2.05, 4.69) is 17.9 Å². The Balaban J connectivity index is 2.51. The van der Waals surface area contributed by atoms with Gasteiger partial charge in [0.05, 0.1) is 11.6 Å². The first-order chi connectivity index (χ1) is 11.3. The van der Waals surface area contributed by atoms with Crippen LogP contribution in [0.5, 0.6) is 0 Å². The summed E-state index contributed by atoms with van der Waals surface area (Å²) in [5.74, 6) is 4.19. The van der Waals surface area contributed by atoms with Crippen LogP contribution >= 0.6 is 0 Å². The molecule has 1 N–H and O–H groups in total. The van der Waals surface area contributed by atoms with Crippen molar-refractivity contribution in [3.63, 3.8) is 0 Å². The van der Waals surface area contributed by atoms with E-state index < -0.39 is 23.0 Å². The van der Waals surface area contributed by atoms with E-state index in [0.717, 1.165) is 0 Å². The molecule has 1 aromatic rings. The molecular formula is C19H19NO4. The monoisotopic (exact) mass is 325 g/mol. The minimum atomic E-state index is -1.20. The average Bonchev–Trinajstić information content (AvgIpc) is 3.32. The van der Waals surface area contributed by atoms with Crippen molar-refractivity contribution in [3.05, 3.63) is 35.4 Å². The second-order valence-electron chi connectivity index (χ2n) is 6.31. The minimum Gasteiger partial charge on any atom is -0.478 e. The number of hydrogen-bond acceptors (Lipinski definition) is 4. The number of ether oxygens (including phenoxy) is 1. The lowest BCUT2D eigenvalue weighted by molar-refractivity contribution is -0.160. The number of nitrogens with zero attached hydrogens (tertiary/aromatic N) is 1. The van der Waals surface area contributed by atoms with Crippen molar-refractivity contribution >= 4 is 11.9 Å².